The van der Waals surface area contributed by atoms with Gasteiger partial charge in [-0.1, -0.05) is 20.3 Å². The summed E-state index contributed by atoms with van der Waals surface area (Å²) < 4.78 is 0. The summed E-state index contributed by atoms with van der Waals surface area (Å²) in [6.07, 6.45) is 12.2. The normalized spacial score (nSPS) is 56.6. The maximum absolute atomic E-state index is 11.4. The molecule has 5 rings (SSSR count). The van der Waals surface area contributed by atoms with Gasteiger partial charge in [-0.2, -0.15) is 11.8 Å². The molecule has 5 aliphatic rings. The maximum atomic E-state index is 11.4. The van der Waals surface area contributed by atoms with Gasteiger partial charge < -0.3 is 10.2 Å². The van der Waals surface area contributed by atoms with Crippen LogP contribution in [0.4, 0.5) is 0 Å². The van der Waals surface area contributed by atoms with E-state index in [0.717, 1.165) is 11.7 Å². The lowest BCUT2D eigenvalue weighted by Gasteiger charge is -2.70. The van der Waals surface area contributed by atoms with Gasteiger partial charge >= 0.3 is 0 Å². The molecule has 5 fully saturated rings. The van der Waals surface area contributed by atoms with Gasteiger partial charge in [-0.15, -0.1) is 0 Å². The Balaban J connectivity index is 1.70. The van der Waals surface area contributed by atoms with E-state index < -0.39 is 0 Å². The summed E-state index contributed by atoms with van der Waals surface area (Å²) in [4.78, 5) is 0. The molecule has 2 N–H and O–H groups in total. The van der Waals surface area contributed by atoms with E-state index in [0.29, 0.717) is 29.8 Å². The summed E-state index contributed by atoms with van der Waals surface area (Å²) in [5.41, 5.74) is 0.626. The Bertz CT molecular complexity index is 496. The van der Waals surface area contributed by atoms with Crippen molar-refractivity contribution in [3.8, 4) is 0 Å². The summed E-state index contributed by atoms with van der Waals surface area (Å²) in [5.74, 6) is 3.72. The smallest absolute Gasteiger partial charge is 0.0637 e. The van der Waals surface area contributed by atoms with E-state index in [2.05, 4.69) is 20.1 Å². The van der Waals surface area contributed by atoms with Crippen LogP contribution in [-0.4, -0.2) is 34.9 Å². The first-order valence-electron chi connectivity index (χ1n) is 10.2. The molecule has 0 heterocycles. The van der Waals surface area contributed by atoms with Crippen molar-refractivity contribution in [2.45, 2.75) is 71.3 Å². The van der Waals surface area contributed by atoms with Crippen molar-refractivity contribution < 1.29 is 10.2 Å². The molecule has 138 valence electrons. The molecule has 0 aliphatic heterocycles. The van der Waals surface area contributed by atoms with Gasteiger partial charge in [0.2, 0.25) is 0 Å². The van der Waals surface area contributed by atoms with E-state index >= 15 is 0 Å². The molecule has 0 saturated heterocycles. The highest BCUT2D eigenvalue weighted by atomic mass is 32.2. The molecule has 0 radical (unpaired) electrons. The van der Waals surface area contributed by atoms with Crippen molar-refractivity contribution in [2.75, 3.05) is 18.6 Å². The van der Waals surface area contributed by atoms with E-state index in [1.807, 2.05) is 11.8 Å². The molecule has 5 aliphatic carbocycles. The SMILES string of the molecule is CSC[C@H]1[C@H]2CC[C@@]3(CC[C@@H]4[C@](C)(CO)CCC[C@@]4(C)[C@@H]3C2)[C@@H]1O. The predicted octanol–water partition coefficient (Wildman–Crippen LogP) is 4.34. The quantitative estimate of drug-likeness (QED) is 0.794. The van der Waals surface area contributed by atoms with E-state index in [9.17, 15) is 10.2 Å². The Kier molecular flexibility index (Phi) is 4.34. The Morgan fingerprint density at radius 3 is 2.50 bits per heavy atom. The molecule has 3 heteroatoms. The van der Waals surface area contributed by atoms with Gasteiger partial charge in [-0.05, 0) is 96.9 Å². The van der Waals surface area contributed by atoms with Crippen LogP contribution in [0.3, 0.4) is 0 Å². The molecule has 0 aromatic carbocycles. The number of hydrogen-bond donors (Lipinski definition) is 2. The monoisotopic (exact) mass is 352 g/mol. The Hall–Kier alpha value is 0.270. The molecule has 0 unspecified atom stereocenters. The van der Waals surface area contributed by atoms with Gasteiger partial charge in [0.25, 0.3) is 0 Å². The van der Waals surface area contributed by atoms with Crippen LogP contribution in [0.15, 0.2) is 0 Å². The zero-order valence-corrected chi connectivity index (χ0v) is 16.6. The first-order chi connectivity index (χ1) is 11.4. The number of fused-ring (bicyclic) bond motifs is 3. The van der Waals surface area contributed by atoms with Crippen molar-refractivity contribution in [3.05, 3.63) is 0 Å². The molecule has 1 spiro atoms. The number of rotatable bonds is 3. The zero-order chi connectivity index (χ0) is 17.2. The summed E-state index contributed by atoms with van der Waals surface area (Å²) in [7, 11) is 0. The fourth-order valence-corrected chi connectivity index (χ4v) is 9.06. The van der Waals surface area contributed by atoms with Crippen LogP contribution in [0.5, 0.6) is 0 Å². The highest BCUT2D eigenvalue weighted by molar-refractivity contribution is 7.98. The van der Waals surface area contributed by atoms with Crippen LogP contribution in [0.1, 0.15) is 65.2 Å². The average Bonchev–Trinajstić information content (AvgIpc) is 2.58. The Morgan fingerprint density at radius 2 is 1.79 bits per heavy atom. The lowest BCUT2D eigenvalue weighted by Crippen LogP contribution is -2.66. The van der Waals surface area contributed by atoms with E-state index in [1.165, 1.54) is 51.4 Å². The minimum Gasteiger partial charge on any atom is -0.396 e. The lowest BCUT2D eigenvalue weighted by molar-refractivity contribution is -0.243. The van der Waals surface area contributed by atoms with Crippen molar-refractivity contribution in [1.29, 1.82) is 0 Å². The highest BCUT2D eigenvalue weighted by Crippen LogP contribution is 2.72. The first-order valence-corrected chi connectivity index (χ1v) is 11.6. The van der Waals surface area contributed by atoms with Gasteiger partial charge in [0.15, 0.2) is 0 Å². The number of hydrogen-bond acceptors (Lipinski definition) is 3. The predicted molar refractivity (Wildman–Crippen MR) is 101 cm³/mol. The molecular formula is C21H36O2S. The second-order valence-corrected chi connectivity index (χ2v) is 11.1. The third-order valence-electron chi connectivity index (χ3n) is 9.33. The van der Waals surface area contributed by atoms with Crippen LogP contribution < -0.4 is 0 Å². The third-order valence-corrected chi connectivity index (χ3v) is 10.0. The molecule has 0 aromatic rings. The fraction of sp³-hybridized carbons (Fsp3) is 1.00. The van der Waals surface area contributed by atoms with Crippen molar-refractivity contribution in [3.63, 3.8) is 0 Å². The number of thioether (sulfide) groups is 1. The van der Waals surface area contributed by atoms with Crippen LogP contribution in [0, 0.1) is 39.9 Å². The first kappa shape index (κ1) is 17.7. The molecule has 8 atom stereocenters. The van der Waals surface area contributed by atoms with Crippen LogP contribution in [0.25, 0.3) is 0 Å². The third kappa shape index (κ3) is 2.16. The van der Waals surface area contributed by atoms with E-state index in [4.69, 9.17) is 0 Å². The maximum Gasteiger partial charge on any atom is 0.0637 e. The zero-order valence-electron chi connectivity index (χ0n) is 15.8. The standard InChI is InChI=1S/C21H36O2S/c1-19(13-22)7-4-8-20(2)16(19)6-10-21-9-5-14(11-17(20)21)15(12-24-3)18(21)23/h14-18,22-23H,4-13H2,1-3H3/t14-,15-,16+,17-,18+,19-,20+,21-/m0/s1. The lowest BCUT2D eigenvalue weighted by atomic mass is 9.35. The second-order valence-electron chi connectivity index (χ2n) is 10.1. The number of aliphatic hydroxyl groups is 2. The average molecular weight is 353 g/mol. The van der Waals surface area contributed by atoms with Gasteiger partial charge in [-0.25, -0.2) is 0 Å². The minimum atomic E-state index is -0.0810. The van der Waals surface area contributed by atoms with Gasteiger partial charge in [0, 0.05) is 6.61 Å². The molecule has 0 amide bonds. The molecule has 5 saturated carbocycles. The van der Waals surface area contributed by atoms with Gasteiger partial charge in [0.1, 0.15) is 0 Å². The van der Waals surface area contributed by atoms with E-state index in [1.54, 1.807) is 0 Å². The Morgan fingerprint density at radius 1 is 1.04 bits per heavy atom. The van der Waals surface area contributed by atoms with Crippen LogP contribution in [-0.2, 0) is 0 Å². The van der Waals surface area contributed by atoms with Crippen molar-refractivity contribution in [2.24, 2.45) is 39.9 Å². The van der Waals surface area contributed by atoms with Crippen molar-refractivity contribution >= 4 is 11.8 Å². The van der Waals surface area contributed by atoms with E-state index in [-0.39, 0.29) is 16.9 Å². The molecular weight excluding hydrogens is 316 g/mol. The minimum absolute atomic E-state index is 0.0810. The summed E-state index contributed by atoms with van der Waals surface area (Å²) in [6.45, 7) is 5.21. The molecule has 24 heavy (non-hydrogen) atoms. The summed E-state index contributed by atoms with van der Waals surface area (Å²) in [5, 5.41) is 21.5. The molecule has 2 nitrogen and oxygen atoms in total. The van der Waals surface area contributed by atoms with Crippen LogP contribution >= 0.6 is 11.8 Å². The summed E-state index contributed by atoms with van der Waals surface area (Å²) >= 11 is 1.92. The highest BCUT2D eigenvalue weighted by Gasteiger charge is 2.67. The fourth-order valence-electron chi connectivity index (χ4n) is 8.22. The molecule has 0 aromatic heterocycles. The van der Waals surface area contributed by atoms with Gasteiger partial charge in [0.05, 0.1) is 6.10 Å². The van der Waals surface area contributed by atoms with Crippen LogP contribution in [0.2, 0.25) is 0 Å². The topological polar surface area (TPSA) is 40.5 Å². The second kappa shape index (κ2) is 5.89. The molecule has 2 bridgehead atoms. The number of aliphatic hydroxyl groups excluding tert-OH is 2. The van der Waals surface area contributed by atoms with Crippen molar-refractivity contribution in [1.82, 2.24) is 0 Å². The van der Waals surface area contributed by atoms with Gasteiger partial charge in [-0.3, -0.25) is 0 Å². The Labute approximate surface area is 152 Å². The summed E-state index contributed by atoms with van der Waals surface area (Å²) in [6, 6.07) is 0. The largest absolute Gasteiger partial charge is 0.396 e.